The largest absolute Gasteiger partial charge is 0.497 e. The van der Waals surface area contributed by atoms with E-state index in [9.17, 15) is 9.59 Å². The zero-order valence-corrected chi connectivity index (χ0v) is 15.9. The minimum absolute atomic E-state index is 0.153. The smallest absolute Gasteiger partial charge is 0.270 e. The van der Waals surface area contributed by atoms with Crippen molar-refractivity contribution >= 4 is 29.1 Å². The molecule has 0 unspecified atom stereocenters. The second-order valence-corrected chi connectivity index (χ2v) is 6.30. The molecule has 0 saturated carbocycles. The fraction of sp³-hybridized carbons (Fsp3) is 0.0952. The molecule has 0 atom stereocenters. The molecule has 28 heavy (non-hydrogen) atoms. The van der Waals surface area contributed by atoms with E-state index < -0.39 is 0 Å². The molecule has 142 valence electrons. The van der Waals surface area contributed by atoms with Gasteiger partial charge in [-0.2, -0.15) is 0 Å². The Hall–Kier alpha value is -3.38. The molecule has 0 aliphatic carbocycles. The highest BCUT2D eigenvalue weighted by atomic mass is 35.5. The quantitative estimate of drug-likeness (QED) is 0.662. The molecule has 2 aromatic carbocycles. The number of para-hydroxylation sites is 1. The van der Waals surface area contributed by atoms with E-state index >= 15 is 0 Å². The van der Waals surface area contributed by atoms with Crippen LogP contribution in [0.4, 0.5) is 5.69 Å². The van der Waals surface area contributed by atoms with Crippen molar-refractivity contribution in [3.05, 3.63) is 88.7 Å². The highest BCUT2D eigenvalue weighted by molar-refractivity contribution is 6.33. The fourth-order valence-corrected chi connectivity index (χ4v) is 2.65. The van der Waals surface area contributed by atoms with Crippen LogP contribution in [-0.2, 0) is 6.54 Å². The summed E-state index contributed by atoms with van der Waals surface area (Å²) >= 11 is 6.06. The van der Waals surface area contributed by atoms with Gasteiger partial charge in [-0.25, -0.2) is 0 Å². The van der Waals surface area contributed by atoms with Crippen LogP contribution < -0.4 is 15.4 Å². The van der Waals surface area contributed by atoms with Gasteiger partial charge in [-0.05, 0) is 42.0 Å². The number of nitrogens with zero attached hydrogens (tertiary/aromatic N) is 1. The molecule has 7 heteroatoms. The summed E-state index contributed by atoms with van der Waals surface area (Å²) in [4.78, 5) is 28.9. The molecular formula is C21H18ClN3O3. The first-order valence-corrected chi connectivity index (χ1v) is 8.87. The van der Waals surface area contributed by atoms with Crippen LogP contribution in [0.1, 0.15) is 26.4 Å². The SMILES string of the molecule is COc1ccc(CNC(=O)c2cc(C(=O)Nc3ccccc3Cl)ccn2)cc1. The van der Waals surface area contributed by atoms with E-state index in [1.807, 2.05) is 24.3 Å². The number of anilines is 1. The Morgan fingerprint density at radius 1 is 1.04 bits per heavy atom. The third-order valence-corrected chi connectivity index (χ3v) is 4.32. The lowest BCUT2D eigenvalue weighted by Gasteiger charge is -2.09. The van der Waals surface area contributed by atoms with E-state index in [1.54, 1.807) is 31.4 Å². The Morgan fingerprint density at radius 3 is 2.50 bits per heavy atom. The number of rotatable bonds is 6. The van der Waals surface area contributed by atoms with Gasteiger partial charge < -0.3 is 15.4 Å². The highest BCUT2D eigenvalue weighted by Gasteiger charge is 2.13. The normalized spacial score (nSPS) is 10.2. The highest BCUT2D eigenvalue weighted by Crippen LogP contribution is 2.21. The molecule has 0 aliphatic heterocycles. The molecular weight excluding hydrogens is 378 g/mol. The van der Waals surface area contributed by atoms with Crippen LogP contribution >= 0.6 is 11.6 Å². The predicted octanol–water partition coefficient (Wildman–Crippen LogP) is 3.93. The number of halogens is 1. The number of benzene rings is 2. The zero-order chi connectivity index (χ0) is 19.9. The van der Waals surface area contributed by atoms with E-state index in [0.29, 0.717) is 22.8 Å². The molecule has 0 radical (unpaired) electrons. The topological polar surface area (TPSA) is 80.3 Å². The summed E-state index contributed by atoms with van der Waals surface area (Å²) in [7, 11) is 1.59. The predicted molar refractivity (Wildman–Crippen MR) is 108 cm³/mol. The maximum Gasteiger partial charge on any atom is 0.270 e. The van der Waals surface area contributed by atoms with Crippen molar-refractivity contribution in [2.24, 2.45) is 0 Å². The van der Waals surface area contributed by atoms with E-state index in [1.165, 1.54) is 18.3 Å². The van der Waals surface area contributed by atoms with Crippen molar-refractivity contribution in [1.82, 2.24) is 10.3 Å². The van der Waals surface area contributed by atoms with Crippen LogP contribution in [0.3, 0.4) is 0 Å². The van der Waals surface area contributed by atoms with Crippen molar-refractivity contribution < 1.29 is 14.3 Å². The van der Waals surface area contributed by atoms with Gasteiger partial charge in [-0.1, -0.05) is 35.9 Å². The Balaban J connectivity index is 1.65. The summed E-state index contributed by atoms with van der Waals surface area (Å²) in [6.07, 6.45) is 1.42. The van der Waals surface area contributed by atoms with Crippen LogP contribution in [0.2, 0.25) is 5.02 Å². The Morgan fingerprint density at radius 2 is 1.79 bits per heavy atom. The number of aromatic nitrogens is 1. The first-order valence-electron chi connectivity index (χ1n) is 8.50. The van der Waals surface area contributed by atoms with Gasteiger partial charge in [0.05, 0.1) is 17.8 Å². The molecule has 0 spiro atoms. The van der Waals surface area contributed by atoms with Gasteiger partial charge in [-0.3, -0.25) is 14.6 Å². The average molecular weight is 396 g/mol. The molecule has 0 aliphatic rings. The van der Waals surface area contributed by atoms with Crippen molar-refractivity contribution in [3.8, 4) is 5.75 Å². The van der Waals surface area contributed by atoms with Gasteiger partial charge in [0.1, 0.15) is 11.4 Å². The Bertz CT molecular complexity index is 990. The lowest BCUT2D eigenvalue weighted by molar-refractivity contribution is 0.0946. The standard InChI is InChI=1S/C21H18ClN3O3/c1-28-16-8-6-14(7-9-16)13-24-21(27)19-12-15(10-11-23-19)20(26)25-18-5-3-2-4-17(18)22/h2-12H,13H2,1H3,(H,24,27)(H,25,26). The second kappa shape index (κ2) is 9.01. The molecule has 1 aromatic heterocycles. The monoisotopic (exact) mass is 395 g/mol. The number of hydrogen-bond donors (Lipinski definition) is 2. The number of ether oxygens (including phenoxy) is 1. The van der Waals surface area contributed by atoms with Gasteiger partial charge in [-0.15, -0.1) is 0 Å². The molecule has 1 heterocycles. The number of amides is 2. The van der Waals surface area contributed by atoms with Gasteiger partial charge in [0.15, 0.2) is 0 Å². The number of hydrogen-bond acceptors (Lipinski definition) is 4. The van der Waals surface area contributed by atoms with Crippen LogP contribution in [-0.4, -0.2) is 23.9 Å². The summed E-state index contributed by atoms with van der Waals surface area (Å²) < 4.78 is 5.11. The molecule has 2 N–H and O–H groups in total. The van der Waals surface area contributed by atoms with Gasteiger partial charge >= 0.3 is 0 Å². The Kier molecular flexibility index (Phi) is 6.24. The lowest BCUT2D eigenvalue weighted by atomic mass is 10.2. The number of pyridine rings is 1. The summed E-state index contributed by atoms with van der Waals surface area (Å²) in [5.41, 5.74) is 1.88. The molecule has 2 amide bonds. The third kappa shape index (κ3) is 4.86. The lowest BCUT2D eigenvalue weighted by Crippen LogP contribution is -2.24. The Labute approximate surface area is 167 Å². The van der Waals surface area contributed by atoms with Gasteiger partial charge in [0.25, 0.3) is 11.8 Å². The van der Waals surface area contributed by atoms with Crippen molar-refractivity contribution in [2.45, 2.75) is 6.54 Å². The van der Waals surface area contributed by atoms with Gasteiger partial charge in [0, 0.05) is 18.3 Å². The van der Waals surface area contributed by atoms with Crippen molar-refractivity contribution in [2.75, 3.05) is 12.4 Å². The molecule has 0 bridgehead atoms. The van der Waals surface area contributed by atoms with Crippen molar-refractivity contribution in [1.29, 1.82) is 0 Å². The van der Waals surface area contributed by atoms with Crippen LogP contribution in [0.25, 0.3) is 0 Å². The second-order valence-electron chi connectivity index (χ2n) is 5.89. The number of methoxy groups -OCH3 is 1. The van der Waals surface area contributed by atoms with Gasteiger partial charge in [0.2, 0.25) is 0 Å². The first kappa shape index (κ1) is 19.4. The van der Waals surface area contributed by atoms with Crippen LogP contribution in [0.5, 0.6) is 5.75 Å². The average Bonchev–Trinajstić information content (AvgIpc) is 2.74. The number of carbonyl (C=O) groups is 2. The maximum absolute atomic E-state index is 12.4. The molecule has 3 aromatic rings. The van der Waals surface area contributed by atoms with E-state index in [0.717, 1.165) is 11.3 Å². The summed E-state index contributed by atoms with van der Waals surface area (Å²) in [6.45, 7) is 0.334. The summed E-state index contributed by atoms with van der Waals surface area (Å²) in [5.74, 6) is -0.00288. The van der Waals surface area contributed by atoms with E-state index in [4.69, 9.17) is 16.3 Å². The van der Waals surface area contributed by atoms with E-state index in [2.05, 4.69) is 15.6 Å². The maximum atomic E-state index is 12.4. The van der Waals surface area contributed by atoms with E-state index in [-0.39, 0.29) is 17.5 Å². The molecule has 0 saturated heterocycles. The summed E-state index contributed by atoms with van der Waals surface area (Å²) in [6, 6.07) is 17.3. The first-order chi connectivity index (χ1) is 13.6. The number of carbonyl (C=O) groups excluding carboxylic acids is 2. The van der Waals surface area contributed by atoms with Crippen LogP contribution in [0, 0.1) is 0 Å². The minimum atomic E-state index is -0.375. The van der Waals surface area contributed by atoms with Crippen molar-refractivity contribution in [3.63, 3.8) is 0 Å². The number of nitrogens with one attached hydrogen (secondary N) is 2. The molecule has 0 fully saturated rings. The van der Waals surface area contributed by atoms with Crippen LogP contribution in [0.15, 0.2) is 66.9 Å². The summed E-state index contributed by atoms with van der Waals surface area (Å²) in [5, 5.41) is 5.93. The third-order valence-electron chi connectivity index (χ3n) is 3.99. The molecule has 3 rings (SSSR count). The fourth-order valence-electron chi connectivity index (χ4n) is 2.47. The zero-order valence-electron chi connectivity index (χ0n) is 15.1. The molecule has 6 nitrogen and oxygen atoms in total. The minimum Gasteiger partial charge on any atom is -0.497 e.